The number of amides is 1. The number of nitrogen functional groups attached to an aromatic ring is 1. The molecule has 3 rings (SSSR count). The quantitative estimate of drug-likeness (QED) is 0.631. The van der Waals surface area contributed by atoms with E-state index in [4.69, 9.17) is 5.73 Å². The lowest BCUT2D eigenvalue weighted by Crippen LogP contribution is -2.13. The van der Waals surface area contributed by atoms with Gasteiger partial charge in [0.2, 0.25) is 0 Å². The maximum Gasteiger partial charge on any atom is 0.276 e. The number of aromatic nitrogens is 2. The van der Waals surface area contributed by atoms with Crippen LogP contribution in [0.5, 0.6) is 0 Å². The summed E-state index contributed by atoms with van der Waals surface area (Å²) < 4.78 is 0.813. The molecule has 0 spiro atoms. The lowest BCUT2D eigenvalue weighted by Gasteiger charge is -2.05. The Kier molecular flexibility index (Phi) is 3.15. The number of hydrogen-bond acceptors (Lipinski definition) is 3. The Labute approximate surface area is 123 Å². The van der Waals surface area contributed by atoms with E-state index in [1.165, 1.54) is 0 Å². The summed E-state index contributed by atoms with van der Waals surface area (Å²) in [5.41, 5.74) is 8.13. The summed E-state index contributed by atoms with van der Waals surface area (Å²) in [7, 11) is 0. The third-order valence-electron chi connectivity index (χ3n) is 2.92. The number of hydrogen-bond donors (Lipinski definition) is 3. The molecule has 5 nitrogen and oxygen atoms in total. The number of carbonyl (C=O) groups is 1. The molecule has 3 aromatic rings. The van der Waals surface area contributed by atoms with Crippen molar-refractivity contribution in [3.05, 3.63) is 52.6 Å². The molecule has 6 heteroatoms. The molecule has 4 N–H and O–H groups in total. The van der Waals surface area contributed by atoms with Crippen molar-refractivity contribution < 1.29 is 4.79 Å². The van der Waals surface area contributed by atoms with Crippen molar-refractivity contribution in [2.45, 2.75) is 0 Å². The van der Waals surface area contributed by atoms with Crippen molar-refractivity contribution in [2.75, 3.05) is 11.1 Å². The number of aromatic amines is 1. The summed E-state index contributed by atoms with van der Waals surface area (Å²) in [4.78, 5) is 12.3. The minimum atomic E-state index is -0.284. The largest absolute Gasteiger partial charge is 0.399 e. The van der Waals surface area contributed by atoms with Crippen LogP contribution in [0.3, 0.4) is 0 Å². The van der Waals surface area contributed by atoms with Crippen LogP contribution in [0.4, 0.5) is 11.4 Å². The van der Waals surface area contributed by atoms with Gasteiger partial charge in [-0.3, -0.25) is 9.89 Å². The summed E-state index contributed by atoms with van der Waals surface area (Å²) in [6.07, 6.45) is 0. The number of carbonyl (C=O) groups excluding carboxylic acids is 1. The van der Waals surface area contributed by atoms with Gasteiger partial charge in [-0.25, -0.2) is 0 Å². The van der Waals surface area contributed by atoms with Gasteiger partial charge < -0.3 is 11.1 Å². The van der Waals surface area contributed by atoms with Crippen LogP contribution in [0, 0.1) is 0 Å². The second kappa shape index (κ2) is 4.97. The molecule has 2 aromatic carbocycles. The van der Waals surface area contributed by atoms with Gasteiger partial charge >= 0.3 is 0 Å². The van der Waals surface area contributed by atoms with Gasteiger partial charge in [-0.05, 0) is 46.3 Å². The van der Waals surface area contributed by atoms with Gasteiger partial charge in [0.1, 0.15) is 0 Å². The van der Waals surface area contributed by atoms with Crippen LogP contribution >= 0.6 is 15.9 Å². The zero-order chi connectivity index (χ0) is 14.1. The number of anilines is 2. The number of para-hydroxylation sites is 1. The fourth-order valence-electron chi connectivity index (χ4n) is 1.95. The molecule has 1 heterocycles. The van der Waals surface area contributed by atoms with Gasteiger partial charge in [-0.1, -0.05) is 12.1 Å². The zero-order valence-electron chi connectivity index (χ0n) is 10.4. The minimum Gasteiger partial charge on any atom is -0.399 e. The van der Waals surface area contributed by atoms with Crippen LogP contribution in [0.25, 0.3) is 10.9 Å². The third-order valence-corrected chi connectivity index (χ3v) is 3.62. The van der Waals surface area contributed by atoms with Gasteiger partial charge in [-0.2, -0.15) is 5.10 Å². The van der Waals surface area contributed by atoms with Crippen molar-refractivity contribution in [1.29, 1.82) is 0 Å². The van der Waals surface area contributed by atoms with Gasteiger partial charge in [0.25, 0.3) is 5.91 Å². The van der Waals surface area contributed by atoms with Gasteiger partial charge in [-0.15, -0.1) is 0 Å². The second-order valence-electron chi connectivity index (χ2n) is 4.31. The Morgan fingerprint density at radius 2 is 2.05 bits per heavy atom. The number of rotatable bonds is 2. The monoisotopic (exact) mass is 330 g/mol. The maximum atomic E-state index is 12.3. The van der Waals surface area contributed by atoms with Crippen LogP contribution in [0.2, 0.25) is 0 Å². The van der Waals surface area contributed by atoms with Crippen LogP contribution in [0.15, 0.2) is 46.9 Å². The first kappa shape index (κ1) is 12.7. The highest BCUT2D eigenvalue weighted by atomic mass is 79.9. The Hall–Kier alpha value is -2.34. The van der Waals surface area contributed by atoms with E-state index in [0.717, 1.165) is 9.99 Å². The number of halogens is 1. The molecule has 0 saturated heterocycles. The molecule has 0 bridgehead atoms. The molecule has 0 fully saturated rings. The normalized spacial score (nSPS) is 10.7. The number of H-pyrrole nitrogens is 1. The van der Waals surface area contributed by atoms with Crippen molar-refractivity contribution in [1.82, 2.24) is 10.2 Å². The third kappa shape index (κ3) is 2.25. The number of fused-ring (bicyclic) bond motifs is 1. The van der Waals surface area contributed by atoms with Crippen LogP contribution in [0.1, 0.15) is 10.5 Å². The maximum absolute atomic E-state index is 12.3. The number of nitrogens with zero attached hydrogens (tertiary/aromatic N) is 1. The van der Waals surface area contributed by atoms with Gasteiger partial charge in [0, 0.05) is 15.5 Å². The average molecular weight is 331 g/mol. The highest BCUT2D eigenvalue weighted by molar-refractivity contribution is 9.10. The predicted octanol–water partition coefficient (Wildman–Crippen LogP) is 3.16. The molecule has 0 aliphatic heterocycles. The molecular weight excluding hydrogens is 320 g/mol. The Bertz CT molecular complexity index is 797. The van der Waals surface area contributed by atoms with Gasteiger partial charge in [0.15, 0.2) is 5.69 Å². The lowest BCUT2D eigenvalue weighted by molar-refractivity contribution is 0.102. The van der Waals surface area contributed by atoms with Crippen molar-refractivity contribution in [3.8, 4) is 0 Å². The second-order valence-corrected chi connectivity index (χ2v) is 5.17. The number of nitrogens with two attached hydrogens (primary N) is 1. The molecule has 1 amide bonds. The van der Waals surface area contributed by atoms with Gasteiger partial charge in [0.05, 0.1) is 11.2 Å². The summed E-state index contributed by atoms with van der Waals surface area (Å²) in [6, 6.07) is 12.7. The summed E-state index contributed by atoms with van der Waals surface area (Å²) in [6.45, 7) is 0. The zero-order valence-corrected chi connectivity index (χ0v) is 11.9. The Morgan fingerprint density at radius 1 is 1.25 bits per heavy atom. The van der Waals surface area contributed by atoms with Crippen molar-refractivity contribution in [3.63, 3.8) is 0 Å². The fraction of sp³-hybridized carbons (Fsp3) is 0. The molecular formula is C14H11BrN4O. The number of benzene rings is 2. The van der Waals surface area contributed by atoms with E-state index in [1.54, 1.807) is 18.2 Å². The molecule has 0 radical (unpaired) electrons. The highest BCUT2D eigenvalue weighted by Gasteiger charge is 2.15. The van der Waals surface area contributed by atoms with E-state index in [1.807, 2.05) is 24.3 Å². The van der Waals surface area contributed by atoms with E-state index in [-0.39, 0.29) is 5.91 Å². The number of nitrogens with one attached hydrogen (secondary N) is 2. The first-order valence-corrected chi connectivity index (χ1v) is 6.74. The first-order valence-electron chi connectivity index (χ1n) is 5.94. The molecule has 0 saturated carbocycles. The Morgan fingerprint density at radius 3 is 2.85 bits per heavy atom. The fourth-order valence-corrected chi connectivity index (χ4v) is 2.33. The lowest BCUT2D eigenvalue weighted by atomic mass is 10.2. The van der Waals surface area contributed by atoms with E-state index in [9.17, 15) is 4.79 Å². The van der Waals surface area contributed by atoms with E-state index in [2.05, 4.69) is 31.4 Å². The summed E-state index contributed by atoms with van der Waals surface area (Å²) in [5, 5.41) is 10.4. The smallest absolute Gasteiger partial charge is 0.276 e. The Balaban J connectivity index is 1.97. The van der Waals surface area contributed by atoms with Crippen molar-refractivity contribution in [2.24, 2.45) is 0 Å². The SMILES string of the molecule is Nc1ccc2[nH]nc(C(=O)Nc3ccccc3Br)c2c1. The van der Waals surface area contributed by atoms with Crippen LogP contribution in [-0.2, 0) is 0 Å². The standard InChI is InChI=1S/C14H11BrN4O/c15-10-3-1-2-4-12(10)17-14(20)13-9-7-8(16)5-6-11(9)18-19-13/h1-7H,16H2,(H,17,20)(H,18,19). The summed E-state index contributed by atoms with van der Waals surface area (Å²) in [5.74, 6) is -0.284. The van der Waals surface area contributed by atoms with E-state index in [0.29, 0.717) is 22.5 Å². The molecule has 1 aromatic heterocycles. The predicted molar refractivity (Wildman–Crippen MR) is 82.6 cm³/mol. The molecule has 0 aliphatic carbocycles. The molecule has 20 heavy (non-hydrogen) atoms. The summed E-state index contributed by atoms with van der Waals surface area (Å²) >= 11 is 3.39. The highest BCUT2D eigenvalue weighted by Crippen LogP contribution is 2.24. The van der Waals surface area contributed by atoms with Crippen LogP contribution < -0.4 is 11.1 Å². The van der Waals surface area contributed by atoms with Crippen molar-refractivity contribution >= 4 is 44.1 Å². The molecule has 0 atom stereocenters. The molecule has 0 unspecified atom stereocenters. The van der Waals surface area contributed by atoms with E-state index >= 15 is 0 Å². The van der Waals surface area contributed by atoms with Crippen LogP contribution in [-0.4, -0.2) is 16.1 Å². The molecule has 100 valence electrons. The topological polar surface area (TPSA) is 83.8 Å². The molecule has 0 aliphatic rings. The van der Waals surface area contributed by atoms with E-state index < -0.39 is 0 Å². The first-order chi connectivity index (χ1) is 9.65. The minimum absolute atomic E-state index is 0.284. The average Bonchev–Trinajstić information content (AvgIpc) is 2.84.